The molecular weight excluding hydrogens is 420 g/mol. The number of benzene rings is 2. The average molecular weight is 434 g/mol. The fourth-order valence-corrected chi connectivity index (χ4v) is 4.17. The standard InChI is InChI=1S/C19H14Cl2FN5S/c1-11-9-17(24-13-7-5-12(22)6-8-13)27-18(23-11)25-19(26-27)28-10-14-15(20)3-2-4-16(14)21/h2-9,24H,10H2,1H3. The summed E-state index contributed by atoms with van der Waals surface area (Å²) in [5.41, 5.74) is 2.36. The lowest BCUT2D eigenvalue weighted by Gasteiger charge is -2.08. The Hall–Kier alpha value is -2.35. The molecule has 0 aliphatic rings. The molecule has 0 atom stereocenters. The first-order valence-corrected chi connectivity index (χ1v) is 10.1. The van der Waals surface area contributed by atoms with Gasteiger partial charge < -0.3 is 5.32 Å². The topological polar surface area (TPSA) is 55.1 Å². The number of fused-ring (bicyclic) bond motifs is 1. The van der Waals surface area contributed by atoms with Crippen molar-refractivity contribution in [1.82, 2.24) is 19.6 Å². The largest absolute Gasteiger partial charge is 0.340 e. The molecule has 0 spiro atoms. The Morgan fingerprint density at radius 3 is 2.50 bits per heavy atom. The summed E-state index contributed by atoms with van der Waals surface area (Å²) < 4.78 is 14.8. The molecule has 0 amide bonds. The lowest BCUT2D eigenvalue weighted by atomic mass is 10.2. The summed E-state index contributed by atoms with van der Waals surface area (Å²) in [6.45, 7) is 1.88. The van der Waals surface area contributed by atoms with Crippen LogP contribution in [0.2, 0.25) is 10.0 Å². The van der Waals surface area contributed by atoms with Gasteiger partial charge in [-0.3, -0.25) is 0 Å². The molecule has 0 aliphatic heterocycles. The van der Waals surface area contributed by atoms with Crippen molar-refractivity contribution < 1.29 is 4.39 Å². The van der Waals surface area contributed by atoms with E-state index in [1.54, 1.807) is 28.8 Å². The first-order valence-electron chi connectivity index (χ1n) is 8.32. The van der Waals surface area contributed by atoms with Gasteiger partial charge in [-0.05, 0) is 48.9 Å². The second-order valence-corrected chi connectivity index (χ2v) is 7.77. The van der Waals surface area contributed by atoms with Crippen LogP contribution in [0.25, 0.3) is 5.78 Å². The predicted octanol–water partition coefficient (Wildman–Crippen LogP) is 5.91. The van der Waals surface area contributed by atoms with Gasteiger partial charge in [-0.15, -0.1) is 5.10 Å². The molecule has 28 heavy (non-hydrogen) atoms. The molecular formula is C19H14Cl2FN5S. The maximum Gasteiger partial charge on any atom is 0.255 e. The van der Waals surface area contributed by atoms with E-state index in [-0.39, 0.29) is 5.82 Å². The molecule has 4 aromatic rings. The van der Waals surface area contributed by atoms with Crippen LogP contribution >= 0.6 is 35.0 Å². The number of anilines is 2. The molecule has 0 bridgehead atoms. The molecule has 9 heteroatoms. The number of aryl methyl sites for hydroxylation is 1. The highest BCUT2D eigenvalue weighted by Gasteiger charge is 2.13. The van der Waals surface area contributed by atoms with Gasteiger partial charge in [0, 0.05) is 33.2 Å². The van der Waals surface area contributed by atoms with Crippen LogP contribution in [0.15, 0.2) is 53.7 Å². The smallest absolute Gasteiger partial charge is 0.255 e. The van der Waals surface area contributed by atoms with E-state index in [1.807, 2.05) is 19.1 Å². The average Bonchev–Trinajstić information content (AvgIpc) is 3.06. The number of hydrogen-bond acceptors (Lipinski definition) is 5. The van der Waals surface area contributed by atoms with Gasteiger partial charge in [0.2, 0.25) is 5.16 Å². The number of rotatable bonds is 5. The van der Waals surface area contributed by atoms with E-state index in [0.717, 1.165) is 16.9 Å². The molecule has 142 valence electrons. The molecule has 1 N–H and O–H groups in total. The van der Waals surface area contributed by atoms with Crippen LogP contribution in [-0.2, 0) is 5.75 Å². The minimum absolute atomic E-state index is 0.292. The molecule has 4 rings (SSSR count). The van der Waals surface area contributed by atoms with Crippen LogP contribution in [0, 0.1) is 12.7 Å². The summed E-state index contributed by atoms with van der Waals surface area (Å²) in [5, 5.41) is 9.52. The van der Waals surface area contributed by atoms with Crippen molar-refractivity contribution in [2.24, 2.45) is 0 Å². The second-order valence-electron chi connectivity index (χ2n) is 6.01. The summed E-state index contributed by atoms with van der Waals surface area (Å²) >= 11 is 13.9. The Bertz CT molecular complexity index is 1130. The van der Waals surface area contributed by atoms with Crippen molar-refractivity contribution in [3.05, 3.63) is 75.7 Å². The van der Waals surface area contributed by atoms with Crippen LogP contribution in [0.5, 0.6) is 0 Å². The van der Waals surface area contributed by atoms with E-state index >= 15 is 0 Å². The normalized spacial score (nSPS) is 11.1. The molecule has 2 aromatic heterocycles. The van der Waals surface area contributed by atoms with E-state index in [2.05, 4.69) is 20.4 Å². The Morgan fingerprint density at radius 2 is 1.79 bits per heavy atom. The van der Waals surface area contributed by atoms with Crippen LogP contribution < -0.4 is 5.32 Å². The fourth-order valence-electron chi connectivity index (χ4n) is 2.61. The second kappa shape index (κ2) is 7.95. The van der Waals surface area contributed by atoms with Gasteiger partial charge in [-0.25, -0.2) is 9.37 Å². The minimum atomic E-state index is -0.292. The van der Waals surface area contributed by atoms with Gasteiger partial charge in [0.15, 0.2) is 0 Å². The van der Waals surface area contributed by atoms with Crippen molar-refractivity contribution in [2.45, 2.75) is 17.8 Å². The molecule has 0 unspecified atom stereocenters. The number of halogens is 3. The van der Waals surface area contributed by atoms with Crippen molar-refractivity contribution in [2.75, 3.05) is 5.32 Å². The van der Waals surface area contributed by atoms with Crippen molar-refractivity contribution in [3.8, 4) is 0 Å². The molecule has 2 heterocycles. The summed E-state index contributed by atoms with van der Waals surface area (Å²) in [4.78, 5) is 8.91. The van der Waals surface area contributed by atoms with Gasteiger partial charge in [-0.1, -0.05) is 41.0 Å². The zero-order valence-electron chi connectivity index (χ0n) is 14.7. The van der Waals surface area contributed by atoms with Crippen LogP contribution in [0.1, 0.15) is 11.3 Å². The fraction of sp³-hybridized carbons (Fsp3) is 0.105. The Morgan fingerprint density at radius 1 is 1.07 bits per heavy atom. The van der Waals surface area contributed by atoms with Gasteiger partial charge >= 0.3 is 0 Å². The molecule has 0 fully saturated rings. The zero-order valence-corrected chi connectivity index (χ0v) is 17.0. The van der Waals surface area contributed by atoms with Crippen molar-refractivity contribution >= 4 is 52.2 Å². The molecule has 2 aromatic carbocycles. The molecule has 0 aliphatic carbocycles. The van der Waals surface area contributed by atoms with Gasteiger partial charge in [0.25, 0.3) is 5.78 Å². The van der Waals surface area contributed by atoms with E-state index in [0.29, 0.717) is 32.6 Å². The third kappa shape index (κ3) is 4.06. The van der Waals surface area contributed by atoms with Gasteiger partial charge in [0.05, 0.1) is 0 Å². The number of hydrogen-bond donors (Lipinski definition) is 1. The predicted molar refractivity (Wildman–Crippen MR) is 111 cm³/mol. The number of thioether (sulfide) groups is 1. The van der Waals surface area contributed by atoms with E-state index in [9.17, 15) is 4.39 Å². The monoisotopic (exact) mass is 433 g/mol. The van der Waals surface area contributed by atoms with E-state index in [1.165, 1.54) is 23.9 Å². The maximum absolute atomic E-state index is 13.1. The Kier molecular flexibility index (Phi) is 5.39. The summed E-state index contributed by atoms with van der Waals surface area (Å²) in [6.07, 6.45) is 0. The van der Waals surface area contributed by atoms with Crippen LogP contribution in [0.3, 0.4) is 0 Å². The van der Waals surface area contributed by atoms with Gasteiger partial charge in [-0.2, -0.15) is 9.50 Å². The maximum atomic E-state index is 13.1. The lowest BCUT2D eigenvalue weighted by molar-refractivity contribution is 0.628. The highest BCUT2D eigenvalue weighted by Crippen LogP contribution is 2.31. The Balaban J connectivity index is 1.62. The first-order chi connectivity index (χ1) is 13.5. The SMILES string of the molecule is Cc1cc(Nc2ccc(F)cc2)n2nc(SCc3c(Cl)cccc3Cl)nc2n1. The quantitative estimate of drug-likeness (QED) is 0.396. The van der Waals surface area contributed by atoms with Crippen molar-refractivity contribution in [3.63, 3.8) is 0 Å². The number of nitrogens with one attached hydrogen (secondary N) is 1. The Labute approximate surface area is 174 Å². The minimum Gasteiger partial charge on any atom is -0.340 e. The molecule has 0 radical (unpaired) electrons. The summed E-state index contributed by atoms with van der Waals surface area (Å²) in [7, 11) is 0. The highest BCUT2D eigenvalue weighted by atomic mass is 35.5. The summed E-state index contributed by atoms with van der Waals surface area (Å²) in [5.74, 6) is 1.40. The van der Waals surface area contributed by atoms with Crippen molar-refractivity contribution in [1.29, 1.82) is 0 Å². The van der Waals surface area contributed by atoms with E-state index in [4.69, 9.17) is 23.2 Å². The lowest BCUT2D eigenvalue weighted by Crippen LogP contribution is -2.02. The third-order valence-corrected chi connectivity index (χ3v) is 5.52. The zero-order chi connectivity index (χ0) is 19.7. The third-order valence-electron chi connectivity index (χ3n) is 3.94. The van der Waals surface area contributed by atoms with E-state index < -0.39 is 0 Å². The number of aromatic nitrogens is 4. The molecule has 5 nitrogen and oxygen atoms in total. The molecule has 0 saturated heterocycles. The first kappa shape index (κ1) is 19.0. The molecule has 0 saturated carbocycles. The van der Waals surface area contributed by atoms with Gasteiger partial charge in [0.1, 0.15) is 11.6 Å². The summed E-state index contributed by atoms with van der Waals surface area (Å²) in [6, 6.07) is 13.4. The highest BCUT2D eigenvalue weighted by molar-refractivity contribution is 7.98. The van der Waals surface area contributed by atoms with Crippen LogP contribution in [-0.4, -0.2) is 19.6 Å². The number of nitrogens with zero attached hydrogens (tertiary/aromatic N) is 4. The van der Waals surface area contributed by atoms with Crippen LogP contribution in [0.4, 0.5) is 15.9 Å².